The number of thioether (sulfide) groups is 1. The van der Waals surface area contributed by atoms with E-state index in [-0.39, 0.29) is 17.3 Å². The molecule has 0 aromatic heterocycles. The van der Waals surface area contributed by atoms with Gasteiger partial charge in [0.2, 0.25) is 0 Å². The third-order valence-corrected chi connectivity index (χ3v) is 7.66. The zero-order valence-electron chi connectivity index (χ0n) is 22.4. The number of alkyl halides is 3. The number of hydrogen-bond acceptors (Lipinski definition) is 8. The molecule has 0 atom stereocenters. The van der Waals surface area contributed by atoms with Crippen LogP contribution < -0.4 is 15.0 Å². The fraction of sp³-hybridized carbons (Fsp3) is 0.207. The Balaban J connectivity index is 1.75. The first kappa shape index (κ1) is 29.9. The molecule has 212 valence electrons. The van der Waals surface area contributed by atoms with Gasteiger partial charge in [0.15, 0.2) is 5.17 Å². The number of carbonyl (C=O) groups is 1. The summed E-state index contributed by atoms with van der Waals surface area (Å²) in [5.41, 5.74) is 3.61. The molecule has 0 spiro atoms. The number of nitrogens with zero attached hydrogens (tertiary/aromatic N) is 4. The van der Waals surface area contributed by atoms with Gasteiger partial charge in [0.1, 0.15) is 5.75 Å². The summed E-state index contributed by atoms with van der Waals surface area (Å²) in [6, 6.07) is 20.6. The van der Waals surface area contributed by atoms with Gasteiger partial charge in [0.05, 0.1) is 40.1 Å². The van der Waals surface area contributed by atoms with Crippen molar-refractivity contribution in [3.05, 3.63) is 88.5 Å². The Hall–Kier alpha value is -4.08. The van der Waals surface area contributed by atoms with Crippen LogP contribution >= 0.6 is 24.4 Å². The van der Waals surface area contributed by atoms with Crippen molar-refractivity contribution >= 4 is 52.5 Å². The van der Waals surface area contributed by atoms with Crippen molar-refractivity contribution in [3.63, 3.8) is 0 Å². The highest BCUT2D eigenvalue weighted by Gasteiger charge is 2.36. The number of nitriles is 1. The number of nitrogens with one attached hydrogen (secondary N) is 1. The third-order valence-electron chi connectivity index (χ3n) is 6.13. The number of carbonyl (C=O) groups excluding carboxylic acids is 1. The molecule has 4 rings (SSSR count). The number of benzene rings is 3. The lowest BCUT2D eigenvalue weighted by atomic mass is 10.2. The van der Waals surface area contributed by atoms with E-state index >= 15 is 0 Å². The van der Waals surface area contributed by atoms with E-state index in [4.69, 9.17) is 4.99 Å². The van der Waals surface area contributed by atoms with E-state index in [0.29, 0.717) is 39.3 Å². The quantitative estimate of drug-likeness (QED) is 0.209. The molecule has 3 aromatic carbocycles. The highest BCUT2D eigenvalue weighted by atomic mass is 32.2. The van der Waals surface area contributed by atoms with E-state index in [9.17, 15) is 23.2 Å². The molecule has 1 saturated heterocycles. The molecule has 1 aliphatic heterocycles. The second kappa shape index (κ2) is 12.6. The molecule has 0 bridgehead atoms. The van der Waals surface area contributed by atoms with Crippen molar-refractivity contribution in [2.75, 3.05) is 23.8 Å². The molecule has 1 heterocycles. The topological polar surface area (TPSA) is 81.0 Å². The van der Waals surface area contributed by atoms with Crippen molar-refractivity contribution in [1.29, 1.82) is 5.26 Å². The van der Waals surface area contributed by atoms with E-state index < -0.39 is 12.1 Å². The fourth-order valence-electron chi connectivity index (χ4n) is 4.07. The van der Waals surface area contributed by atoms with Gasteiger partial charge in [-0.1, -0.05) is 30.3 Å². The summed E-state index contributed by atoms with van der Waals surface area (Å²) < 4.78 is 42.0. The Kier molecular flexibility index (Phi) is 9.20. The average Bonchev–Trinajstić information content (AvgIpc) is 3.23. The van der Waals surface area contributed by atoms with Gasteiger partial charge in [-0.25, -0.2) is 4.99 Å². The van der Waals surface area contributed by atoms with Gasteiger partial charge in [-0.05, 0) is 67.6 Å². The van der Waals surface area contributed by atoms with Gasteiger partial charge in [0.25, 0.3) is 5.91 Å². The van der Waals surface area contributed by atoms with Crippen LogP contribution in [0.2, 0.25) is 0 Å². The maximum absolute atomic E-state index is 13.8. The molecule has 0 aliphatic carbocycles. The Labute approximate surface area is 245 Å². The molecule has 0 radical (unpaired) electrons. The van der Waals surface area contributed by atoms with Crippen molar-refractivity contribution in [3.8, 4) is 11.8 Å². The Morgan fingerprint density at radius 2 is 1.90 bits per heavy atom. The van der Waals surface area contributed by atoms with Gasteiger partial charge in [-0.3, -0.25) is 9.69 Å². The first-order chi connectivity index (χ1) is 19.5. The minimum Gasteiger partial charge on any atom is -0.406 e. The SMILES string of the molecule is CCNc1ccc(C#N)cc1N=C1S/C(=C(\C)N(C)c2ccc(OC(F)(F)F)cc2S)C(=O)N1Cc1ccccc1. The highest BCUT2D eigenvalue weighted by Crippen LogP contribution is 2.40. The zero-order valence-corrected chi connectivity index (χ0v) is 24.1. The third kappa shape index (κ3) is 7.17. The van der Waals surface area contributed by atoms with Crippen LogP contribution in [0.3, 0.4) is 0 Å². The smallest absolute Gasteiger partial charge is 0.406 e. The number of allylic oxidation sites excluding steroid dienone is 1. The molecule has 7 nitrogen and oxygen atoms in total. The van der Waals surface area contributed by atoms with Crippen molar-refractivity contribution < 1.29 is 22.7 Å². The lowest BCUT2D eigenvalue weighted by molar-refractivity contribution is -0.274. The van der Waals surface area contributed by atoms with Crippen LogP contribution in [-0.4, -0.2) is 35.9 Å². The summed E-state index contributed by atoms with van der Waals surface area (Å²) in [5.74, 6) is -0.669. The Bertz CT molecular complexity index is 1550. The van der Waals surface area contributed by atoms with E-state index in [1.165, 1.54) is 30.0 Å². The molecular weight excluding hydrogens is 571 g/mol. The number of halogens is 3. The number of thiol groups is 1. The van der Waals surface area contributed by atoms with Crippen LogP contribution in [0.1, 0.15) is 25.0 Å². The Morgan fingerprint density at radius 1 is 1.17 bits per heavy atom. The molecular formula is C29H26F3N5O2S2. The van der Waals surface area contributed by atoms with Crippen molar-refractivity contribution in [2.45, 2.75) is 31.7 Å². The first-order valence-electron chi connectivity index (χ1n) is 12.4. The molecule has 12 heteroatoms. The monoisotopic (exact) mass is 597 g/mol. The van der Waals surface area contributed by atoms with Gasteiger partial charge in [0, 0.05) is 24.2 Å². The molecule has 1 amide bonds. The van der Waals surface area contributed by atoms with Gasteiger partial charge in [-0.15, -0.1) is 25.8 Å². The normalized spacial score (nSPS) is 15.6. The maximum atomic E-state index is 13.8. The number of rotatable bonds is 8. The molecule has 41 heavy (non-hydrogen) atoms. The van der Waals surface area contributed by atoms with E-state index in [2.05, 4.69) is 28.8 Å². The zero-order chi connectivity index (χ0) is 29.7. The molecule has 1 aliphatic rings. The number of aliphatic imine (C=N–C) groups is 1. The van der Waals surface area contributed by atoms with Gasteiger partial charge >= 0.3 is 6.36 Å². The average molecular weight is 598 g/mol. The predicted octanol–water partition coefficient (Wildman–Crippen LogP) is 7.31. The maximum Gasteiger partial charge on any atom is 0.573 e. The summed E-state index contributed by atoms with van der Waals surface area (Å²) in [4.78, 5) is 22.5. The Morgan fingerprint density at radius 3 is 2.54 bits per heavy atom. The van der Waals surface area contributed by atoms with Crippen LogP contribution in [0.25, 0.3) is 0 Å². The largest absolute Gasteiger partial charge is 0.573 e. The van der Waals surface area contributed by atoms with Crippen molar-refractivity contribution in [2.24, 2.45) is 4.99 Å². The molecule has 1 N–H and O–H groups in total. The summed E-state index contributed by atoms with van der Waals surface area (Å²) in [7, 11) is 1.70. The lowest BCUT2D eigenvalue weighted by Gasteiger charge is -2.23. The van der Waals surface area contributed by atoms with Crippen LogP contribution in [0.15, 0.2) is 87.2 Å². The second-order valence-electron chi connectivity index (χ2n) is 8.92. The standard InChI is InChI=1S/C29H26F3N5O2S2/c1-4-34-22-12-10-20(16-33)14-23(22)35-28-37(17-19-8-6-5-7-9-19)27(38)26(41-28)18(2)36(3)24-13-11-21(15-25(24)40)39-29(30,31)32/h5-15,34,40H,4,17H2,1-3H3/b26-18+,35-28?. The highest BCUT2D eigenvalue weighted by molar-refractivity contribution is 8.18. The summed E-state index contributed by atoms with van der Waals surface area (Å²) in [5, 5.41) is 13.1. The van der Waals surface area contributed by atoms with Crippen molar-refractivity contribution in [1.82, 2.24) is 4.90 Å². The van der Waals surface area contributed by atoms with Gasteiger partial charge < -0.3 is 15.0 Å². The number of hydrogen-bond donors (Lipinski definition) is 2. The summed E-state index contributed by atoms with van der Waals surface area (Å²) in [6.45, 7) is 4.60. The van der Waals surface area contributed by atoms with Crippen LogP contribution in [0.5, 0.6) is 5.75 Å². The van der Waals surface area contributed by atoms with E-state index in [1.807, 2.05) is 37.3 Å². The number of amidine groups is 1. The van der Waals surface area contributed by atoms with Crippen LogP contribution in [0, 0.1) is 11.3 Å². The summed E-state index contributed by atoms with van der Waals surface area (Å²) in [6.07, 6.45) is -4.82. The molecule has 0 unspecified atom stereocenters. The van der Waals surface area contributed by atoms with Crippen LogP contribution in [0.4, 0.5) is 30.2 Å². The number of anilines is 2. The number of amides is 1. The second-order valence-corrected chi connectivity index (χ2v) is 10.4. The minimum atomic E-state index is -4.82. The molecule has 3 aromatic rings. The lowest BCUT2D eigenvalue weighted by Crippen LogP contribution is -2.29. The number of ether oxygens (including phenoxy) is 1. The van der Waals surface area contributed by atoms with Crippen LogP contribution in [-0.2, 0) is 11.3 Å². The van der Waals surface area contributed by atoms with E-state index in [0.717, 1.165) is 11.3 Å². The predicted molar refractivity (Wildman–Crippen MR) is 158 cm³/mol. The molecule has 0 saturated carbocycles. The summed E-state index contributed by atoms with van der Waals surface area (Å²) >= 11 is 5.55. The minimum absolute atomic E-state index is 0.239. The molecule has 1 fully saturated rings. The fourth-order valence-corrected chi connectivity index (χ4v) is 5.49. The first-order valence-corrected chi connectivity index (χ1v) is 13.7. The van der Waals surface area contributed by atoms with Gasteiger partial charge in [-0.2, -0.15) is 5.26 Å². The van der Waals surface area contributed by atoms with E-state index in [1.54, 1.807) is 42.0 Å².